The van der Waals surface area contributed by atoms with E-state index in [2.05, 4.69) is 10.4 Å². The summed E-state index contributed by atoms with van der Waals surface area (Å²) in [6, 6.07) is 0.923. The van der Waals surface area contributed by atoms with E-state index < -0.39 is 29.2 Å². The second-order valence-corrected chi connectivity index (χ2v) is 9.84. The van der Waals surface area contributed by atoms with Crippen LogP contribution in [0.2, 0.25) is 0 Å². The van der Waals surface area contributed by atoms with E-state index in [1.165, 1.54) is 23.9 Å². The third-order valence-corrected chi connectivity index (χ3v) is 5.61. The number of hydrogen-bond donors (Lipinski definition) is 2. The second-order valence-electron chi connectivity index (χ2n) is 9.84. The lowest BCUT2D eigenvalue weighted by Gasteiger charge is -2.29. The van der Waals surface area contributed by atoms with Gasteiger partial charge in [0, 0.05) is 5.92 Å². The number of nitrogens with two attached hydrogens (primary N) is 1. The smallest absolute Gasteiger partial charge is 0.404 e. The summed E-state index contributed by atoms with van der Waals surface area (Å²) < 4.78 is 55.7. The lowest BCUT2D eigenvalue weighted by Crippen LogP contribution is -2.48. The summed E-state index contributed by atoms with van der Waals surface area (Å²) in [6.45, 7) is 12.2. The summed E-state index contributed by atoms with van der Waals surface area (Å²) in [7, 11) is 0. The lowest BCUT2D eigenvalue weighted by molar-refractivity contribution is -0.141. The summed E-state index contributed by atoms with van der Waals surface area (Å²) >= 11 is 0. The van der Waals surface area contributed by atoms with Crippen molar-refractivity contribution in [2.24, 2.45) is 17.6 Å². The van der Waals surface area contributed by atoms with E-state index in [0.29, 0.717) is 12.0 Å². The van der Waals surface area contributed by atoms with Crippen molar-refractivity contribution in [1.82, 2.24) is 15.1 Å². The fourth-order valence-electron chi connectivity index (χ4n) is 3.53. The highest BCUT2D eigenvalue weighted by atomic mass is 19.4. The first kappa shape index (κ1) is 31.2. The summed E-state index contributed by atoms with van der Waals surface area (Å²) in [5.74, 6) is -1.20. The van der Waals surface area contributed by atoms with E-state index in [1.54, 1.807) is 26.8 Å². The maximum atomic E-state index is 13.9. The Morgan fingerprint density at radius 3 is 2.39 bits per heavy atom. The summed E-state index contributed by atoms with van der Waals surface area (Å²) in [5.41, 5.74) is 4.90. The molecule has 1 aromatic heterocycles. The number of halogens is 4. The topological polar surface area (TPSA) is 72.9 Å². The van der Waals surface area contributed by atoms with Crippen LogP contribution in [0.5, 0.6) is 0 Å². The predicted molar refractivity (Wildman–Crippen MR) is 137 cm³/mol. The molecule has 0 aromatic carbocycles. The van der Waals surface area contributed by atoms with Crippen LogP contribution in [-0.2, 0) is 17.5 Å². The minimum Gasteiger partial charge on any atom is -0.404 e. The van der Waals surface area contributed by atoms with Gasteiger partial charge >= 0.3 is 6.18 Å². The normalized spacial score (nSPS) is 15.9. The molecule has 3 N–H and O–H groups in total. The zero-order valence-electron chi connectivity index (χ0n) is 22.3. The molecule has 1 rings (SSSR count). The highest BCUT2D eigenvalue weighted by Gasteiger charge is 2.36. The molecule has 0 radical (unpaired) electrons. The molecule has 9 heteroatoms. The number of aromatic nitrogens is 2. The van der Waals surface area contributed by atoms with E-state index in [9.17, 15) is 22.4 Å². The van der Waals surface area contributed by atoms with E-state index in [1.807, 2.05) is 32.9 Å². The van der Waals surface area contributed by atoms with Gasteiger partial charge in [-0.25, -0.2) is 4.39 Å². The number of carbonyl (C=O) groups is 1. The van der Waals surface area contributed by atoms with Gasteiger partial charge in [0.15, 0.2) is 5.69 Å². The Balaban J connectivity index is 3.31. The van der Waals surface area contributed by atoms with Gasteiger partial charge in [0.05, 0.1) is 23.6 Å². The minimum atomic E-state index is -4.67. The van der Waals surface area contributed by atoms with Gasteiger partial charge < -0.3 is 11.1 Å². The van der Waals surface area contributed by atoms with Crippen LogP contribution in [-0.4, -0.2) is 21.2 Å². The lowest BCUT2D eigenvalue weighted by atomic mass is 9.97. The molecule has 202 valence electrons. The highest BCUT2D eigenvalue weighted by molar-refractivity contribution is 5.79. The van der Waals surface area contributed by atoms with Gasteiger partial charge in [0.25, 0.3) is 0 Å². The molecule has 1 heterocycles. The summed E-state index contributed by atoms with van der Waals surface area (Å²) in [4.78, 5) is 12.9. The van der Waals surface area contributed by atoms with Crippen molar-refractivity contribution < 1.29 is 22.4 Å². The Morgan fingerprint density at radius 2 is 1.89 bits per heavy atom. The molecule has 0 saturated heterocycles. The highest BCUT2D eigenvalue weighted by Crippen LogP contribution is 2.32. The van der Waals surface area contributed by atoms with Crippen LogP contribution in [0.3, 0.4) is 0 Å². The molecule has 0 spiro atoms. The summed E-state index contributed by atoms with van der Waals surface area (Å²) in [5, 5.41) is 6.70. The monoisotopic (exact) mass is 512 g/mol. The number of rotatable bonds is 12. The molecule has 1 aromatic rings. The Hall–Kier alpha value is -2.84. The number of carbonyl (C=O) groups excluding carboxylic acids is 1. The van der Waals surface area contributed by atoms with Gasteiger partial charge in [0.1, 0.15) is 0 Å². The quantitative estimate of drug-likeness (QED) is 0.235. The fraction of sp³-hybridized carbons (Fsp3) is 0.556. The van der Waals surface area contributed by atoms with Gasteiger partial charge in [-0.3, -0.25) is 9.48 Å². The third kappa shape index (κ3) is 10.0. The number of nitrogens with one attached hydrogen (secondary N) is 1. The average Bonchev–Trinajstić information content (AvgIpc) is 3.18. The molecule has 0 aliphatic rings. The first-order valence-corrected chi connectivity index (χ1v) is 12.2. The largest absolute Gasteiger partial charge is 0.435 e. The number of hydrogen-bond acceptors (Lipinski definition) is 3. The maximum Gasteiger partial charge on any atom is 0.435 e. The fourth-order valence-corrected chi connectivity index (χ4v) is 3.53. The number of amides is 1. The van der Waals surface area contributed by atoms with Crippen molar-refractivity contribution in [2.45, 2.75) is 86.0 Å². The molecule has 0 aliphatic heterocycles. The van der Waals surface area contributed by atoms with Crippen molar-refractivity contribution in [3.8, 4) is 0 Å². The molecule has 36 heavy (non-hydrogen) atoms. The zero-order chi connectivity index (χ0) is 27.7. The molecule has 0 aliphatic carbocycles. The number of alkyl halides is 3. The van der Waals surface area contributed by atoms with Crippen LogP contribution in [0, 0.1) is 11.8 Å². The minimum absolute atomic E-state index is 0.00778. The first-order chi connectivity index (χ1) is 16.6. The molecule has 1 amide bonds. The Kier molecular flexibility index (Phi) is 11.7. The molecule has 0 fully saturated rings. The van der Waals surface area contributed by atoms with E-state index in [-0.39, 0.29) is 24.1 Å². The first-order valence-electron chi connectivity index (χ1n) is 12.2. The van der Waals surface area contributed by atoms with Gasteiger partial charge in [-0.15, -0.1) is 0 Å². The number of nitrogens with zero attached hydrogens (tertiary/aromatic N) is 2. The second kappa shape index (κ2) is 13.5. The SMILES string of the molecule is CC/C=C/C(=C\N)CC(C)C(=O)NC(C)(C)Cn1nc(C(F)(F)F)cc1C(/C=C(\C)F)=C/C(C)CC. The Bertz CT molecular complexity index is 996. The van der Waals surface area contributed by atoms with Crippen LogP contribution >= 0.6 is 0 Å². The van der Waals surface area contributed by atoms with Crippen molar-refractivity contribution in [2.75, 3.05) is 0 Å². The average molecular weight is 513 g/mol. The zero-order valence-corrected chi connectivity index (χ0v) is 22.3. The van der Waals surface area contributed by atoms with Gasteiger partial charge in [-0.1, -0.05) is 52.3 Å². The maximum absolute atomic E-state index is 13.9. The molecule has 0 bridgehead atoms. The van der Waals surface area contributed by atoms with Gasteiger partial charge in [-0.2, -0.15) is 18.3 Å². The Morgan fingerprint density at radius 1 is 1.25 bits per heavy atom. The molecule has 2 atom stereocenters. The third-order valence-electron chi connectivity index (χ3n) is 5.61. The summed E-state index contributed by atoms with van der Waals surface area (Å²) in [6.07, 6.45) is 5.53. The molecule has 5 nitrogen and oxygen atoms in total. The van der Waals surface area contributed by atoms with Crippen LogP contribution in [0.25, 0.3) is 5.57 Å². The van der Waals surface area contributed by atoms with Crippen LogP contribution in [0.4, 0.5) is 17.6 Å². The van der Waals surface area contributed by atoms with E-state index >= 15 is 0 Å². The van der Waals surface area contributed by atoms with Crippen molar-refractivity contribution in [3.05, 3.63) is 59.4 Å². The molecule has 2 unspecified atom stereocenters. The van der Waals surface area contributed by atoms with Crippen LogP contribution < -0.4 is 11.1 Å². The molecular formula is C27H40F4N4O. The van der Waals surface area contributed by atoms with E-state index in [4.69, 9.17) is 5.73 Å². The van der Waals surface area contributed by atoms with Gasteiger partial charge in [-0.05, 0) is 69.0 Å². The standard InChI is InChI=1S/C27H40F4N4O/c1-8-10-11-21(16-32)13-19(4)25(36)33-26(6,7)17-35-23(15-24(34-35)27(29,30)31)22(14-20(5)28)12-18(3)9-2/h10-12,14-16,18-19H,8-9,13,17,32H2,1-7H3,(H,33,36)/b11-10+,20-14+,21-16+,22-12+. The number of allylic oxidation sites excluding steroid dienone is 7. The van der Waals surface area contributed by atoms with Crippen LogP contribution in [0.1, 0.15) is 79.1 Å². The van der Waals surface area contributed by atoms with Crippen molar-refractivity contribution in [1.29, 1.82) is 0 Å². The molecular weight excluding hydrogens is 472 g/mol. The van der Waals surface area contributed by atoms with E-state index in [0.717, 1.165) is 24.5 Å². The van der Waals surface area contributed by atoms with Crippen molar-refractivity contribution >= 4 is 11.5 Å². The predicted octanol–water partition coefficient (Wildman–Crippen LogP) is 6.93. The van der Waals surface area contributed by atoms with Crippen molar-refractivity contribution in [3.63, 3.8) is 0 Å². The van der Waals surface area contributed by atoms with Crippen LogP contribution in [0.15, 0.2) is 48.0 Å². The Labute approximate surface area is 212 Å². The van der Waals surface area contributed by atoms with Gasteiger partial charge in [0.2, 0.25) is 5.91 Å². The molecule has 0 saturated carbocycles.